The molecule has 1 aliphatic heterocycles. The van der Waals surface area contributed by atoms with Crippen LogP contribution >= 0.6 is 23.2 Å². The summed E-state index contributed by atoms with van der Waals surface area (Å²) in [7, 11) is 1.68. The fraction of sp³-hybridized carbons (Fsp3) is 0.276. The number of nitrogens with one attached hydrogen (secondary N) is 1. The topological polar surface area (TPSA) is 41.6 Å². The van der Waals surface area contributed by atoms with Crippen LogP contribution in [0.5, 0.6) is 5.75 Å². The van der Waals surface area contributed by atoms with Crippen molar-refractivity contribution in [1.82, 2.24) is 10.2 Å². The van der Waals surface area contributed by atoms with E-state index in [4.69, 9.17) is 27.9 Å². The van der Waals surface area contributed by atoms with Crippen LogP contribution in [0, 0.1) is 0 Å². The molecule has 2 aliphatic rings. The second-order valence-corrected chi connectivity index (χ2v) is 9.86. The summed E-state index contributed by atoms with van der Waals surface area (Å²) in [6.45, 7) is 1.87. The van der Waals surface area contributed by atoms with Crippen molar-refractivity contribution < 1.29 is 9.53 Å². The van der Waals surface area contributed by atoms with Crippen molar-refractivity contribution in [3.05, 3.63) is 93.5 Å². The molecular formula is C29H28Cl2N2O2. The lowest BCUT2D eigenvalue weighted by Gasteiger charge is -2.28. The van der Waals surface area contributed by atoms with Crippen molar-refractivity contribution in [2.75, 3.05) is 20.2 Å². The summed E-state index contributed by atoms with van der Waals surface area (Å²) in [5.41, 5.74) is 6.11. The molecule has 1 aliphatic carbocycles. The van der Waals surface area contributed by atoms with Gasteiger partial charge in [0.25, 0.3) is 5.91 Å². The van der Waals surface area contributed by atoms with Gasteiger partial charge in [-0.15, -0.1) is 0 Å². The average Bonchev–Trinajstić information content (AvgIpc) is 3.75. The fourth-order valence-electron chi connectivity index (χ4n) is 4.68. The van der Waals surface area contributed by atoms with Crippen LogP contribution < -0.4 is 10.1 Å². The summed E-state index contributed by atoms with van der Waals surface area (Å²) in [4.78, 5) is 15.9. The average molecular weight is 507 g/mol. The van der Waals surface area contributed by atoms with Gasteiger partial charge in [-0.3, -0.25) is 4.79 Å². The highest BCUT2D eigenvalue weighted by atomic mass is 35.5. The molecule has 0 unspecified atom stereocenters. The van der Waals surface area contributed by atoms with Gasteiger partial charge >= 0.3 is 0 Å². The van der Waals surface area contributed by atoms with Gasteiger partial charge in [0.1, 0.15) is 5.75 Å². The Morgan fingerprint density at radius 2 is 1.71 bits per heavy atom. The number of carbonyl (C=O) groups is 1. The van der Waals surface area contributed by atoms with Crippen LogP contribution in [0.25, 0.3) is 16.7 Å². The molecule has 6 heteroatoms. The molecule has 1 saturated carbocycles. The van der Waals surface area contributed by atoms with Crippen LogP contribution in [0.4, 0.5) is 0 Å². The van der Waals surface area contributed by atoms with E-state index >= 15 is 0 Å². The zero-order valence-electron chi connectivity index (χ0n) is 19.7. The Kier molecular flexibility index (Phi) is 7.14. The standard InChI is InChI=1S/C29H28Cl2N2O2/c1-35-24-9-3-6-20(16-24)19-5-2-7-21(15-19)25-13-14-32-17-26(25)29(34)33(23-11-12-23)18-22-8-4-10-27(30)28(22)31/h2-10,15-16,23,32H,11-14,17-18H2,1H3. The number of benzene rings is 3. The summed E-state index contributed by atoms with van der Waals surface area (Å²) in [6, 6.07) is 22.3. The van der Waals surface area contributed by atoms with Crippen LogP contribution in [0.2, 0.25) is 10.0 Å². The Balaban J connectivity index is 1.49. The SMILES string of the molecule is COc1cccc(-c2cccc(C3=C(C(=O)N(Cc4cccc(Cl)c4Cl)C4CC4)CNCC3)c2)c1. The molecule has 35 heavy (non-hydrogen) atoms. The Morgan fingerprint density at radius 1 is 1.00 bits per heavy atom. The monoisotopic (exact) mass is 506 g/mol. The van der Waals surface area contributed by atoms with Gasteiger partial charge in [-0.1, -0.05) is 65.7 Å². The van der Waals surface area contributed by atoms with Gasteiger partial charge in [-0.05, 0) is 77.9 Å². The molecule has 1 amide bonds. The highest BCUT2D eigenvalue weighted by Crippen LogP contribution is 2.36. The predicted octanol–water partition coefficient (Wildman–Crippen LogP) is 6.61. The second-order valence-electron chi connectivity index (χ2n) is 9.07. The number of methoxy groups -OCH3 is 1. The van der Waals surface area contributed by atoms with Gasteiger partial charge in [0, 0.05) is 24.7 Å². The Bertz CT molecular complexity index is 1280. The normalized spacial score (nSPS) is 15.7. The molecule has 3 aromatic rings. The molecule has 0 saturated heterocycles. The number of amides is 1. The van der Waals surface area contributed by atoms with Crippen LogP contribution in [-0.4, -0.2) is 37.0 Å². The number of ether oxygens (including phenoxy) is 1. The third kappa shape index (κ3) is 5.25. The molecule has 1 N–H and O–H groups in total. The fourth-order valence-corrected chi connectivity index (χ4v) is 5.06. The van der Waals surface area contributed by atoms with Crippen LogP contribution in [0.3, 0.4) is 0 Å². The number of rotatable bonds is 7. The molecule has 180 valence electrons. The molecule has 0 atom stereocenters. The first-order chi connectivity index (χ1) is 17.0. The van der Waals surface area contributed by atoms with Crippen molar-refractivity contribution in [3.8, 4) is 16.9 Å². The zero-order valence-corrected chi connectivity index (χ0v) is 21.2. The largest absolute Gasteiger partial charge is 0.497 e. The van der Waals surface area contributed by atoms with Crippen molar-refractivity contribution in [3.63, 3.8) is 0 Å². The summed E-state index contributed by atoms with van der Waals surface area (Å²) in [6.07, 6.45) is 2.84. The number of halogens is 2. The maximum atomic E-state index is 13.9. The van der Waals surface area contributed by atoms with Crippen molar-refractivity contribution in [2.45, 2.75) is 31.8 Å². The first kappa shape index (κ1) is 23.9. The van der Waals surface area contributed by atoms with Crippen molar-refractivity contribution in [1.29, 1.82) is 0 Å². The lowest BCUT2D eigenvalue weighted by atomic mass is 9.91. The van der Waals surface area contributed by atoms with E-state index in [-0.39, 0.29) is 11.9 Å². The molecule has 0 radical (unpaired) electrons. The predicted molar refractivity (Wildman–Crippen MR) is 143 cm³/mol. The third-order valence-corrected chi connectivity index (χ3v) is 7.57. The highest BCUT2D eigenvalue weighted by Gasteiger charge is 2.35. The van der Waals surface area contributed by atoms with Gasteiger partial charge in [0.05, 0.1) is 17.2 Å². The van der Waals surface area contributed by atoms with E-state index in [9.17, 15) is 4.79 Å². The van der Waals surface area contributed by atoms with Crippen LogP contribution in [0.15, 0.2) is 72.3 Å². The van der Waals surface area contributed by atoms with E-state index in [1.165, 1.54) is 0 Å². The molecule has 0 aromatic heterocycles. The van der Waals surface area contributed by atoms with Crippen LogP contribution in [0.1, 0.15) is 30.4 Å². The van der Waals surface area contributed by atoms with Gasteiger partial charge in [0.2, 0.25) is 0 Å². The van der Waals surface area contributed by atoms with E-state index in [1.807, 2.05) is 35.2 Å². The van der Waals surface area contributed by atoms with Gasteiger partial charge in [-0.25, -0.2) is 0 Å². The maximum Gasteiger partial charge on any atom is 0.251 e. The molecule has 3 aromatic carbocycles. The molecule has 5 rings (SSSR count). The molecule has 1 fully saturated rings. The Hall–Kier alpha value is -2.79. The number of hydrogen-bond donors (Lipinski definition) is 1. The van der Waals surface area contributed by atoms with E-state index in [0.717, 1.165) is 65.0 Å². The summed E-state index contributed by atoms with van der Waals surface area (Å²) < 4.78 is 5.41. The molecule has 1 heterocycles. The second kappa shape index (κ2) is 10.4. The zero-order chi connectivity index (χ0) is 24.4. The first-order valence-electron chi connectivity index (χ1n) is 12.0. The Morgan fingerprint density at radius 3 is 2.49 bits per heavy atom. The quantitative estimate of drug-likeness (QED) is 0.392. The third-order valence-electron chi connectivity index (χ3n) is 6.71. The van der Waals surface area contributed by atoms with Gasteiger partial charge < -0.3 is 15.0 Å². The van der Waals surface area contributed by atoms with Gasteiger partial charge in [0.15, 0.2) is 0 Å². The van der Waals surface area contributed by atoms with Crippen molar-refractivity contribution >= 4 is 34.7 Å². The van der Waals surface area contributed by atoms with Crippen LogP contribution in [-0.2, 0) is 11.3 Å². The number of hydrogen-bond acceptors (Lipinski definition) is 3. The summed E-state index contributed by atoms with van der Waals surface area (Å²) >= 11 is 12.7. The lowest BCUT2D eigenvalue weighted by Crippen LogP contribution is -2.39. The molecule has 0 bridgehead atoms. The summed E-state index contributed by atoms with van der Waals surface area (Å²) in [5, 5.41) is 4.44. The smallest absolute Gasteiger partial charge is 0.251 e. The Labute approximate surface area is 216 Å². The molecule has 0 spiro atoms. The maximum absolute atomic E-state index is 13.9. The van der Waals surface area contributed by atoms with Gasteiger partial charge in [-0.2, -0.15) is 0 Å². The summed E-state index contributed by atoms with van der Waals surface area (Å²) in [5.74, 6) is 0.905. The van der Waals surface area contributed by atoms with E-state index in [2.05, 4.69) is 35.6 Å². The first-order valence-corrected chi connectivity index (χ1v) is 12.7. The van der Waals surface area contributed by atoms with E-state index in [0.29, 0.717) is 23.1 Å². The highest BCUT2D eigenvalue weighted by molar-refractivity contribution is 6.42. The van der Waals surface area contributed by atoms with Crippen molar-refractivity contribution in [2.24, 2.45) is 0 Å². The minimum atomic E-state index is 0.0810. The van der Waals surface area contributed by atoms with E-state index < -0.39 is 0 Å². The molecular weight excluding hydrogens is 479 g/mol. The number of carbonyl (C=O) groups excluding carboxylic acids is 1. The minimum absolute atomic E-state index is 0.0810. The number of nitrogens with zero attached hydrogens (tertiary/aromatic N) is 1. The lowest BCUT2D eigenvalue weighted by molar-refractivity contribution is -0.128. The van der Waals surface area contributed by atoms with E-state index in [1.54, 1.807) is 13.2 Å². The minimum Gasteiger partial charge on any atom is -0.497 e. The molecule has 4 nitrogen and oxygen atoms in total.